The smallest absolute Gasteiger partial charge is 0.243 e. The van der Waals surface area contributed by atoms with E-state index in [4.69, 9.17) is 10.8 Å². The van der Waals surface area contributed by atoms with Crippen molar-refractivity contribution < 1.29 is 17.9 Å². The Morgan fingerprint density at radius 1 is 1.53 bits per heavy atom. The molecule has 1 rings (SSSR count). The molecule has 0 aliphatic heterocycles. The molecule has 17 heavy (non-hydrogen) atoms. The molecule has 1 aromatic carbocycles. The third kappa shape index (κ3) is 3.15. The molecule has 0 bridgehead atoms. The van der Waals surface area contributed by atoms with Gasteiger partial charge in [-0.1, -0.05) is 0 Å². The molecular formula is C10H15FN2O3S. The molecule has 5 nitrogen and oxygen atoms in total. The average Bonchev–Trinajstić information content (AvgIpc) is 2.22. The number of benzene rings is 1. The van der Waals surface area contributed by atoms with Crippen molar-refractivity contribution >= 4 is 15.7 Å². The monoisotopic (exact) mass is 262 g/mol. The van der Waals surface area contributed by atoms with Crippen molar-refractivity contribution in [3.8, 4) is 0 Å². The fraction of sp³-hybridized carbons (Fsp3) is 0.400. The Hall–Kier alpha value is -1.18. The number of nitrogens with two attached hydrogens (primary N) is 1. The van der Waals surface area contributed by atoms with E-state index in [9.17, 15) is 12.8 Å². The molecule has 0 unspecified atom stereocenters. The first-order chi connectivity index (χ1) is 7.77. The van der Waals surface area contributed by atoms with Gasteiger partial charge in [0.05, 0.1) is 6.61 Å². The summed E-state index contributed by atoms with van der Waals surface area (Å²) in [6.45, 7) is 2.67. The molecular weight excluding hydrogens is 247 g/mol. The van der Waals surface area contributed by atoms with Gasteiger partial charge in [-0.3, -0.25) is 0 Å². The zero-order chi connectivity index (χ0) is 13.2. The topological polar surface area (TPSA) is 92.4 Å². The highest BCUT2D eigenvalue weighted by molar-refractivity contribution is 7.89. The summed E-state index contributed by atoms with van der Waals surface area (Å²) in [7, 11) is -4.01. The summed E-state index contributed by atoms with van der Waals surface area (Å²) in [4.78, 5) is -0.513. The Labute approximate surface area is 99.5 Å². The quantitative estimate of drug-likeness (QED) is 0.684. The first-order valence-corrected chi connectivity index (χ1v) is 6.45. The van der Waals surface area contributed by atoms with Crippen LogP contribution in [0.2, 0.25) is 0 Å². The summed E-state index contributed by atoms with van der Waals surface area (Å²) in [5.41, 5.74) is 6.21. The van der Waals surface area contributed by atoms with Gasteiger partial charge in [-0.25, -0.2) is 17.5 Å². The van der Waals surface area contributed by atoms with Crippen LogP contribution in [0.4, 0.5) is 10.1 Å². The molecule has 0 aliphatic carbocycles. The molecule has 0 amide bonds. The van der Waals surface area contributed by atoms with Crippen molar-refractivity contribution in [2.45, 2.75) is 24.8 Å². The van der Waals surface area contributed by atoms with Gasteiger partial charge in [-0.15, -0.1) is 0 Å². The number of aryl methyl sites for hydroxylation is 1. The molecule has 0 radical (unpaired) electrons. The van der Waals surface area contributed by atoms with Crippen molar-refractivity contribution in [1.29, 1.82) is 0 Å². The molecule has 0 spiro atoms. The molecule has 96 valence electrons. The Bertz CT molecular complexity index is 517. The number of anilines is 1. The van der Waals surface area contributed by atoms with Crippen LogP contribution in [-0.2, 0) is 10.0 Å². The van der Waals surface area contributed by atoms with Gasteiger partial charge in [0.15, 0.2) is 0 Å². The van der Waals surface area contributed by atoms with Crippen LogP contribution in [-0.4, -0.2) is 26.2 Å². The molecule has 0 heterocycles. The summed E-state index contributed by atoms with van der Waals surface area (Å²) in [6, 6.07) is 1.44. The lowest BCUT2D eigenvalue weighted by Crippen LogP contribution is -2.35. The normalized spacial score (nSPS) is 13.6. The Morgan fingerprint density at radius 3 is 2.65 bits per heavy atom. The fourth-order valence-corrected chi connectivity index (χ4v) is 2.57. The van der Waals surface area contributed by atoms with Gasteiger partial charge < -0.3 is 10.8 Å². The van der Waals surface area contributed by atoms with Crippen LogP contribution in [0.25, 0.3) is 0 Å². The Kier molecular flexibility index (Phi) is 4.07. The summed E-state index contributed by atoms with van der Waals surface area (Å²) in [5, 5.41) is 8.77. The lowest BCUT2D eigenvalue weighted by molar-refractivity contribution is 0.265. The lowest BCUT2D eigenvalue weighted by atomic mass is 10.2. The standard InChI is InChI=1S/C10H15FN2O3S/c1-6-3-8(11)10(4-9(6)12)17(15,16)13-7(2)5-14/h3-4,7,13-14H,5,12H2,1-2H3/t7-/m0/s1. The zero-order valence-corrected chi connectivity index (χ0v) is 10.4. The van der Waals surface area contributed by atoms with Gasteiger partial charge in [-0.2, -0.15) is 0 Å². The molecule has 1 atom stereocenters. The molecule has 0 aromatic heterocycles. The molecule has 4 N–H and O–H groups in total. The second-order valence-electron chi connectivity index (χ2n) is 3.84. The average molecular weight is 262 g/mol. The number of nitrogens with one attached hydrogen (secondary N) is 1. The fourth-order valence-electron chi connectivity index (χ4n) is 1.24. The molecule has 0 aliphatic rings. The molecule has 0 saturated heterocycles. The van der Waals surface area contributed by atoms with Crippen LogP contribution in [0.1, 0.15) is 12.5 Å². The number of halogens is 1. The van der Waals surface area contributed by atoms with Crippen LogP contribution >= 0.6 is 0 Å². The minimum absolute atomic E-state index is 0.198. The number of rotatable bonds is 4. The van der Waals surface area contributed by atoms with Crippen LogP contribution in [0, 0.1) is 12.7 Å². The van der Waals surface area contributed by atoms with Gasteiger partial charge in [-0.05, 0) is 31.5 Å². The van der Waals surface area contributed by atoms with Gasteiger partial charge in [0, 0.05) is 11.7 Å². The molecule has 0 fully saturated rings. The SMILES string of the molecule is Cc1cc(F)c(S(=O)(=O)N[C@@H](C)CO)cc1N. The maximum atomic E-state index is 13.5. The number of hydrogen-bond donors (Lipinski definition) is 3. The lowest BCUT2D eigenvalue weighted by Gasteiger charge is -2.13. The summed E-state index contributed by atoms with van der Waals surface area (Å²) >= 11 is 0. The van der Waals surface area contributed by atoms with Gasteiger partial charge >= 0.3 is 0 Å². The minimum atomic E-state index is -4.01. The predicted molar refractivity (Wildman–Crippen MR) is 62.4 cm³/mol. The van der Waals surface area contributed by atoms with Crippen LogP contribution in [0.3, 0.4) is 0 Å². The van der Waals surface area contributed by atoms with E-state index in [0.717, 1.165) is 12.1 Å². The van der Waals surface area contributed by atoms with E-state index < -0.39 is 26.8 Å². The Balaban J connectivity index is 3.20. The minimum Gasteiger partial charge on any atom is -0.398 e. The predicted octanol–water partition coefficient (Wildman–Crippen LogP) is 0.375. The summed E-state index contributed by atoms with van der Waals surface area (Å²) in [6.07, 6.45) is 0. The van der Waals surface area contributed by atoms with Crippen molar-refractivity contribution in [2.24, 2.45) is 0 Å². The number of aliphatic hydroxyl groups excluding tert-OH is 1. The van der Waals surface area contributed by atoms with Crippen molar-refractivity contribution in [3.63, 3.8) is 0 Å². The number of aliphatic hydroxyl groups is 1. The first kappa shape index (κ1) is 13.9. The highest BCUT2D eigenvalue weighted by atomic mass is 32.2. The maximum Gasteiger partial charge on any atom is 0.243 e. The number of sulfonamides is 1. The van der Waals surface area contributed by atoms with Crippen molar-refractivity contribution in [2.75, 3.05) is 12.3 Å². The van der Waals surface area contributed by atoms with Gasteiger partial charge in [0.2, 0.25) is 10.0 Å². The third-order valence-corrected chi connectivity index (χ3v) is 3.84. The second kappa shape index (κ2) is 4.99. The van der Waals surface area contributed by atoms with Gasteiger partial charge in [0.1, 0.15) is 10.7 Å². The molecule has 0 saturated carbocycles. The van der Waals surface area contributed by atoms with E-state index in [0.29, 0.717) is 5.56 Å². The van der Waals surface area contributed by atoms with E-state index >= 15 is 0 Å². The van der Waals surface area contributed by atoms with E-state index in [1.54, 1.807) is 6.92 Å². The van der Waals surface area contributed by atoms with E-state index in [-0.39, 0.29) is 12.3 Å². The number of hydrogen-bond acceptors (Lipinski definition) is 4. The third-order valence-electron chi connectivity index (χ3n) is 2.24. The maximum absolute atomic E-state index is 13.5. The van der Waals surface area contributed by atoms with E-state index in [1.807, 2.05) is 0 Å². The molecule has 1 aromatic rings. The van der Waals surface area contributed by atoms with E-state index in [1.165, 1.54) is 6.92 Å². The van der Waals surface area contributed by atoms with Crippen molar-refractivity contribution in [1.82, 2.24) is 4.72 Å². The highest BCUT2D eigenvalue weighted by Gasteiger charge is 2.22. The van der Waals surface area contributed by atoms with E-state index in [2.05, 4.69) is 4.72 Å². The Morgan fingerprint density at radius 2 is 2.12 bits per heavy atom. The largest absolute Gasteiger partial charge is 0.398 e. The highest BCUT2D eigenvalue weighted by Crippen LogP contribution is 2.21. The summed E-state index contributed by atoms with van der Waals surface area (Å²) in [5.74, 6) is -0.866. The van der Waals surface area contributed by atoms with Crippen molar-refractivity contribution in [3.05, 3.63) is 23.5 Å². The van der Waals surface area contributed by atoms with Crippen LogP contribution < -0.4 is 10.5 Å². The summed E-state index contributed by atoms with van der Waals surface area (Å²) < 4.78 is 39.2. The number of nitrogen functional groups attached to an aromatic ring is 1. The molecule has 7 heteroatoms. The first-order valence-electron chi connectivity index (χ1n) is 4.96. The van der Waals surface area contributed by atoms with Crippen LogP contribution in [0.15, 0.2) is 17.0 Å². The van der Waals surface area contributed by atoms with Crippen LogP contribution in [0.5, 0.6) is 0 Å². The van der Waals surface area contributed by atoms with Gasteiger partial charge in [0.25, 0.3) is 0 Å². The second-order valence-corrected chi connectivity index (χ2v) is 5.53. The zero-order valence-electron chi connectivity index (χ0n) is 9.57.